The van der Waals surface area contributed by atoms with Crippen molar-refractivity contribution < 1.29 is 66.2 Å². The molecule has 0 aliphatic carbocycles. The number of carbonyl (C=O) groups is 7. The SMILES string of the molecule is CC(C)(C)[C@H](NC(=O)c1cc2cc(C(F)(F)P(=O)(O)O)ccc2s1)C(=O)N1C[C@@H](OCCCCCC(=O)N2Cc3cc4c(cc3C2)C(=O)N(C2CCC(=O)NC2=O)C4)C[C@H]1C(=O)N1CCO[C@H](c2ccccc2)C1. The number of benzene rings is 3. The number of hydrogen-bond acceptors (Lipinski definition) is 11. The van der Waals surface area contributed by atoms with E-state index in [9.17, 15) is 56.7 Å². The molecule has 1 unspecified atom stereocenters. The minimum Gasteiger partial charge on any atom is -0.376 e. The maximum absolute atomic E-state index is 14.9. The van der Waals surface area contributed by atoms with E-state index in [4.69, 9.17) is 9.47 Å². The van der Waals surface area contributed by atoms with Gasteiger partial charge in [-0.2, -0.15) is 8.78 Å². The van der Waals surface area contributed by atoms with Crippen LogP contribution in [0, 0.1) is 5.41 Å². The molecule has 0 spiro atoms. The summed E-state index contributed by atoms with van der Waals surface area (Å²) in [5, 5.41) is 5.32. The van der Waals surface area contributed by atoms with Crippen molar-refractivity contribution in [3.05, 3.63) is 105 Å². The number of nitrogens with one attached hydrogen (secondary N) is 2. The van der Waals surface area contributed by atoms with E-state index in [2.05, 4.69) is 10.6 Å². The number of thiophene rings is 1. The van der Waals surface area contributed by atoms with Crippen molar-refractivity contribution in [2.45, 2.75) is 121 Å². The Hall–Kier alpha value is -5.96. The Labute approximate surface area is 429 Å². The van der Waals surface area contributed by atoms with Gasteiger partial charge in [0.2, 0.25) is 29.5 Å². The van der Waals surface area contributed by atoms with Crippen molar-refractivity contribution in [1.29, 1.82) is 0 Å². The highest BCUT2D eigenvalue weighted by molar-refractivity contribution is 7.52. The molecule has 0 bridgehead atoms. The zero-order chi connectivity index (χ0) is 52.9. The highest BCUT2D eigenvalue weighted by atomic mass is 32.1. The molecule has 4 N–H and O–H groups in total. The van der Waals surface area contributed by atoms with Crippen LogP contribution in [0.2, 0.25) is 0 Å². The van der Waals surface area contributed by atoms with E-state index in [-0.39, 0.29) is 85.5 Å². The number of imide groups is 1. The number of alkyl halides is 2. The van der Waals surface area contributed by atoms with E-state index in [1.807, 2.05) is 42.5 Å². The summed E-state index contributed by atoms with van der Waals surface area (Å²) in [5.41, 5.74) is -2.19. The molecule has 394 valence electrons. The Bertz CT molecular complexity index is 2940. The fourth-order valence-corrected chi connectivity index (χ4v) is 11.9. The smallest absolute Gasteiger partial charge is 0.376 e. The standard InChI is InChI=1S/C52H59F2N6O12PS/c1-51(2,3)45(56-47(64)42-23-31-21-35(13-15-41(31)74-42)52(53,54)73(68,69)70)50(67)60-28-36(24-39(60)49(66)57-17-19-72-40(29-57)30-10-6-4-7-11-30)71-18-9-5-8-12-44(62)58-25-32-20-34-27-59(38-14-16-43(61)55-46(38)63)48(65)37(34)22-33(32)26-58/h4,6-7,10-11,13,15,20-23,36,38-40,45H,5,8-9,12,14,16-19,24-29H2,1-3H3,(H,56,64)(H,55,61,63)(H2,68,69,70)/t36-,38?,39-,40-,45+/m0/s1. The number of amides is 7. The Kier molecular flexibility index (Phi) is 15.0. The first kappa shape index (κ1) is 52.9. The number of halogens is 2. The second-order valence-electron chi connectivity index (χ2n) is 20.7. The number of piperidine rings is 1. The van der Waals surface area contributed by atoms with Crippen LogP contribution in [0.5, 0.6) is 0 Å². The molecule has 0 radical (unpaired) electrons. The summed E-state index contributed by atoms with van der Waals surface area (Å²) in [6.07, 6.45) is 1.89. The molecule has 5 aliphatic heterocycles. The van der Waals surface area contributed by atoms with Crippen molar-refractivity contribution in [1.82, 2.24) is 30.2 Å². The second kappa shape index (κ2) is 21.0. The normalized spacial score (nSPS) is 21.7. The topological polar surface area (TPSA) is 232 Å². The van der Waals surface area contributed by atoms with E-state index in [1.165, 1.54) is 21.9 Å². The summed E-state index contributed by atoms with van der Waals surface area (Å²) in [6, 6.07) is 14.9. The van der Waals surface area contributed by atoms with Crippen LogP contribution in [0.3, 0.4) is 0 Å². The van der Waals surface area contributed by atoms with E-state index >= 15 is 0 Å². The first-order chi connectivity index (χ1) is 35.1. The lowest BCUT2D eigenvalue weighted by molar-refractivity contribution is -0.150. The third-order valence-electron chi connectivity index (χ3n) is 14.5. The average molecular weight is 1060 g/mol. The summed E-state index contributed by atoms with van der Waals surface area (Å²) in [7, 11) is -5.84. The Morgan fingerprint density at radius 2 is 1.66 bits per heavy atom. The number of ether oxygens (including phenoxy) is 2. The molecule has 3 fully saturated rings. The molecular weight excluding hydrogens is 1000 g/mol. The maximum Gasteiger partial charge on any atom is 0.399 e. The van der Waals surface area contributed by atoms with E-state index < -0.39 is 66.2 Å². The van der Waals surface area contributed by atoms with Crippen molar-refractivity contribution in [3.8, 4) is 0 Å². The van der Waals surface area contributed by atoms with Gasteiger partial charge >= 0.3 is 13.3 Å². The molecule has 5 aliphatic rings. The molecular formula is C52H59F2N6O12PS. The summed E-state index contributed by atoms with van der Waals surface area (Å²) in [6.45, 7) is 7.54. The van der Waals surface area contributed by atoms with Crippen molar-refractivity contribution in [2.24, 2.45) is 5.41 Å². The summed E-state index contributed by atoms with van der Waals surface area (Å²) >= 11 is 0.962. The zero-order valence-corrected chi connectivity index (χ0v) is 42.9. The number of unbranched alkanes of at least 4 members (excludes halogenated alkanes) is 2. The van der Waals surface area contributed by atoms with Crippen LogP contribution in [-0.2, 0) is 63.3 Å². The first-order valence-corrected chi connectivity index (χ1v) is 27.2. The number of nitrogens with zero attached hydrogens (tertiary/aromatic N) is 4. The molecule has 22 heteroatoms. The number of hydrogen-bond donors (Lipinski definition) is 4. The van der Waals surface area contributed by atoms with Crippen LogP contribution in [0.15, 0.2) is 66.7 Å². The zero-order valence-electron chi connectivity index (χ0n) is 41.2. The fraction of sp³-hybridized carbons (Fsp3) is 0.481. The van der Waals surface area contributed by atoms with Gasteiger partial charge < -0.3 is 44.2 Å². The lowest BCUT2D eigenvalue weighted by atomic mass is 9.85. The van der Waals surface area contributed by atoms with Crippen LogP contribution in [-0.4, -0.2) is 128 Å². The molecule has 3 saturated heterocycles. The highest BCUT2D eigenvalue weighted by Gasteiger charge is 2.51. The first-order valence-electron chi connectivity index (χ1n) is 24.8. The number of carbonyl (C=O) groups excluding carboxylic acids is 7. The van der Waals surface area contributed by atoms with Crippen molar-refractivity contribution in [3.63, 3.8) is 0 Å². The minimum atomic E-state index is -5.84. The summed E-state index contributed by atoms with van der Waals surface area (Å²) in [4.78, 5) is 119. The summed E-state index contributed by atoms with van der Waals surface area (Å²) < 4.78 is 53.6. The predicted octanol–water partition coefficient (Wildman–Crippen LogP) is 5.72. The van der Waals surface area contributed by atoms with Gasteiger partial charge in [-0.05, 0) is 76.6 Å². The quantitative estimate of drug-likeness (QED) is 0.0636. The Morgan fingerprint density at radius 1 is 0.919 bits per heavy atom. The number of rotatable bonds is 15. The second-order valence-corrected chi connectivity index (χ2v) is 23.5. The predicted molar refractivity (Wildman–Crippen MR) is 265 cm³/mol. The highest BCUT2D eigenvalue weighted by Crippen LogP contribution is 2.59. The van der Waals surface area contributed by atoms with Gasteiger partial charge in [0.15, 0.2) is 0 Å². The van der Waals surface area contributed by atoms with Crippen molar-refractivity contribution >= 4 is 70.4 Å². The van der Waals surface area contributed by atoms with Crippen molar-refractivity contribution in [2.75, 3.05) is 32.8 Å². The number of likely N-dealkylation sites (tertiary alicyclic amines) is 1. The molecule has 0 saturated carbocycles. The molecule has 7 amide bonds. The third kappa shape index (κ3) is 10.9. The lowest BCUT2D eigenvalue weighted by Gasteiger charge is -2.38. The molecule has 5 atom stereocenters. The van der Waals surface area contributed by atoms with Gasteiger partial charge in [0.05, 0.1) is 24.1 Å². The maximum atomic E-state index is 14.9. The number of morpholine rings is 1. The largest absolute Gasteiger partial charge is 0.399 e. The van der Waals surface area contributed by atoms with E-state index in [0.29, 0.717) is 62.2 Å². The van der Waals surface area contributed by atoms with Gasteiger partial charge in [0, 0.05) is 74.4 Å². The van der Waals surface area contributed by atoms with Gasteiger partial charge in [-0.3, -0.25) is 43.4 Å². The summed E-state index contributed by atoms with van der Waals surface area (Å²) in [5.74, 6) is -2.57. The molecule has 1 aromatic heterocycles. The van der Waals surface area contributed by atoms with Crippen LogP contribution in [0.4, 0.5) is 8.78 Å². The molecule has 4 aromatic rings. The molecule has 18 nitrogen and oxygen atoms in total. The van der Waals surface area contributed by atoms with E-state index in [0.717, 1.165) is 45.7 Å². The van der Waals surface area contributed by atoms with Gasteiger partial charge in [-0.25, -0.2) is 0 Å². The van der Waals surface area contributed by atoms with Gasteiger partial charge in [-0.1, -0.05) is 69.7 Å². The number of fused-ring (bicyclic) bond motifs is 3. The molecule has 9 rings (SSSR count). The van der Waals surface area contributed by atoms with Crippen LogP contribution >= 0.6 is 18.9 Å². The monoisotopic (exact) mass is 1060 g/mol. The molecule has 74 heavy (non-hydrogen) atoms. The fourth-order valence-electron chi connectivity index (χ4n) is 10.5. The third-order valence-corrected chi connectivity index (χ3v) is 16.6. The van der Waals surface area contributed by atoms with Crippen LogP contribution in [0.25, 0.3) is 10.1 Å². The molecule has 6 heterocycles. The van der Waals surface area contributed by atoms with Gasteiger partial charge in [0.25, 0.3) is 11.8 Å². The van der Waals surface area contributed by atoms with Crippen LogP contribution in [0.1, 0.15) is 120 Å². The Morgan fingerprint density at radius 3 is 2.38 bits per heavy atom. The minimum absolute atomic E-state index is 0.0208. The van der Waals surface area contributed by atoms with E-state index in [1.54, 1.807) is 30.6 Å². The van der Waals surface area contributed by atoms with Crippen LogP contribution < -0.4 is 10.6 Å². The van der Waals surface area contributed by atoms with Gasteiger partial charge in [0.1, 0.15) is 24.2 Å². The Balaban J connectivity index is 0.816. The lowest BCUT2D eigenvalue weighted by Crippen LogP contribution is -2.58. The molecule has 3 aromatic carbocycles. The average Bonchev–Trinajstić information content (AvgIpc) is 4.17. The van der Waals surface area contributed by atoms with Gasteiger partial charge in [-0.15, -0.1) is 11.3 Å².